The lowest BCUT2D eigenvalue weighted by atomic mass is 10.0. The van der Waals surface area contributed by atoms with E-state index in [2.05, 4.69) is 0 Å². The van der Waals surface area contributed by atoms with Crippen LogP contribution >= 0.6 is 11.3 Å². The van der Waals surface area contributed by atoms with E-state index in [0.717, 1.165) is 4.88 Å². The predicted molar refractivity (Wildman–Crippen MR) is 68.4 cm³/mol. The molecule has 0 aliphatic carbocycles. The van der Waals surface area contributed by atoms with E-state index >= 15 is 0 Å². The van der Waals surface area contributed by atoms with E-state index in [-0.39, 0.29) is 6.42 Å². The summed E-state index contributed by atoms with van der Waals surface area (Å²) in [6.45, 7) is 0. The summed E-state index contributed by atoms with van der Waals surface area (Å²) in [4.78, 5) is 12.8. The van der Waals surface area contributed by atoms with Crippen molar-refractivity contribution in [2.45, 2.75) is 19.0 Å². The first kappa shape index (κ1) is 14.7. The number of hydrogen-bond acceptors (Lipinski definition) is 2. The first-order valence-electron chi connectivity index (χ1n) is 5.80. The minimum Gasteiger partial charge on any atom is -0.294 e. The zero-order valence-corrected chi connectivity index (χ0v) is 11.0. The molecule has 1 aromatic heterocycles. The summed E-state index contributed by atoms with van der Waals surface area (Å²) in [5, 5.41) is 1.84. The predicted octanol–water partition coefficient (Wildman–Crippen LogP) is 4.72. The van der Waals surface area contributed by atoms with E-state index in [9.17, 15) is 22.4 Å². The maximum atomic E-state index is 13.5. The molecule has 0 unspecified atom stereocenters. The number of ketones is 1. The molecule has 0 atom stereocenters. The fraction of sp³-hybridized carbons (Fsp3) is 0.214. The summed E-state index contributed by atoms with van der Waals surface area (Å²) in [6, 6.07) is 5.52. The Bertz CT molecular complexity index is 602. The summed E-state index contributed by atoms with van der Waals surface area (Å²) in [6.07, 6.45) is -4.21. The molecule has 1 heterocycles. The Hall–Kier alpha value is -1.69. The Morgan fingerprint density at radius 2 is 1.95 bits per heavy atom. The van der Waals surface area contributed by atoms with Crippen molar-refractivity contribution in [3.63, 3.8) is 0 Å². The molecule has 0 aliphatic heterocycles. The van der Waals surface area contributed by atoms with Crippen molar-refractivity contribution in [1.29, 1.82) is 0 Å². The van der Waals surface area contributed by atoms with Crippen LogP contribution in [0.2, 0.25) is 0 Å². The Kier molecular flexibility index (Phi) is 4.23. The van der Waals surface area contributed by atoms with Crippen molar-refractivity contribution >= 4 is 17.1 Å². The van der Waals surface area contributed by atoms with Gasteiger partial charge >= 0.3 is 6.18 Å². The molecule has 2 rings (SSSR count). The van der Waals surface area contributed by atoms with Gasteiger partial charge in [0.05, 0.1) is 11.1 Å². The van der Waals surface area contributed by atoms with Gasteiger partial charge in [-0.2, -0.15) is 13.2 Å². The molecule has 6 heteroatoms. The van der Waals surface area contributed by atoms with Crippen LogP contribution in [0.4, 0.5) is 17.6 Å². The second kappa shape index (κ2) is 5.75. The van der Waals surface area contributed by atoms with Crippen LogP contribution in [-0.2, 0) is 12.6 Å². The zero-order chi connectivity index (χ0) is 14.8. The Morgan fingerprint density at radius 3 is 2.55 bits per heavy atom. The van der Waals surface area contributed by atoms with Gasteiger partial charge in [0.15, 0.2) is 5.78 Å². The zero-order valence-electron chi connectivity index (χ0n) is 10.2. The van der Waals surface area contributed by atoms with Crippen molar-refractivity contribution in [2.75, 3.05) is 0 Å². The third-order valence-corrected chi connectivity index (χ3v) is 3.71. The van der Waals surface area contributed by atoms with Crippen molar-refractivity contribution in [3.05, 3.63) is 57.5 Å². The number of benzene rings is 1. The highest BCUT2D eigenvalue weighted by Crippen LogP contribution is 2.30. The van der Waals surface area contributed by atoms with Crippen LogP contribution in [0, 0.1) is 5.82 Å². The average Bonchev–Trinajstić information content (AvgIpc) is 2.88. The van der Waals surface area contributed by atoms with Crippen molar-refractivity contribution in [1.82, 2.24) is 0 Å². The highest BCUT2D eigenvalue weighted by Gasteiger charge is 2.31. The Balaban J connectivity index is 2.16. The van der Waals surface area contributed by atoms with Gasteiger partial charge in [-0.05, 0) is 36.1 Å². The first-order valence-corrected chi connectivity index (χ1v) is 6.68. The van der Waals surface area contributed by atoms with Gasteiger partial charge in [-0.3, -0.25) is 4.79 Å². The van der Waals surface area contributed by atoms with Gasteiger partial charge in [0.25, 0.3) is 0 Å². The molecular weight excluding hydrogens is 292 g/mol. The molecule has 0 fully saturated rings. The SMILES string of the molecule is O=C(CCc1cccs1)c1cc(C(F)(F)F)ccc1F. The highest BCUT2D eigenvalue weighted by molar-refractivity contribution is 7.09. The van der Waals surface area contributed by atoms with Crippen LogP contribution in [0.3, 0.4) is 0 Å². The lowest BCUT2D eigenvalue weighted by Gasteiger charge is -2.09. The molecule has 0 radical (unpaired) electrons. The molecule has 2 aromatic rings. The number of hydrogen-bond donors (Lipinski definition) is 0. The van der Waals surface area contributed by atoms with Crippen LogP contribution in [0.5, 0.6) is 0 Å². The molecule has 106 valence electrons. The summed E-state index contributed by atoms with van der Waals surface area (Å²) < 4.78 is 51.1. The summed E-state index contributed by atoms with van der Waals surface area (Å²) in [5.74, 6) is -1.55. The molecule has 0 amide bonds. The molecule has 0 saturated carbocycles. The number of carbonyl (C=O) groups excluding carboxylic acids is 1. The second-order valence-electron chi connectivity index (χ2n) is 4.19. The standard InChI is InChI=1S/C14H10F4OS/c15-12-5-3-9(14(16,17)18)8-11(12)13(19)6-4-10-2-1-7-20-10/h1-3,5,7-8H,4,6H2. The number of Topliss-reactive ketones (excluding diaryl/α,β-unsaturated/α-hetero) is 1. The molecule has 0 bridgehead atoms. The number of alkyl halides is 3. The van der Waals surface area contributed by atoms with Gasteiger partial charge in [-0.1, -0.05) is 6.07 Å². The summed E-state index contributed by atoms with van der Waals surface area (Å²) in [7, 11) is 0. The lowest BCUT2D eigenvalue weighted by molar-refractivity contribution is -0.137. The fourth-order valence-electron chi connectivity index (χ4n) is 1.74. The van der Waals surface area contributed by atoms with Crippen molar-refractivity contribution in [2.24, 2.45) is 0 Å². The van der Waals surface area contributed by atoms with Gasteiger partial charge in [-0.15, -0.1) is 11.3 Å². The lowest BCUT2D eigenvalue weighted by Crippen LogP contribution is -2.10. The fourth-order valence-corrected chi connectivity index (χ4v) is 2.45. The highest BCUT2D eigenvalue weighted by atomic mass is 32.1. The normalized spacial score (nSPS) is 11.6. The molecule has 20 heavy (non-hydrogen) atoms. The van der Waals surface area contributed by atoms with E-state index in [4.69, 9.17) is 0 Å². The van der Waals surface area contributed by atoms with Gasteiger partial charge in [0.1, 0.15) is 5.82 Å². The van der Waals surface area contributed by atoms with E-state index in [1.165, 1.54) is 11.3 Å². The average molecular weight is 302 g/mol. The summed E-state index contributed by atoms with van der Waals surface area (Å²) in [5.41, 5.74) is -1.52. The Morgan fingerprint density at radius 1 is 1.20 bits per heavy atom. The third-order valence-electron chi connectivity index (χ3n) is 2.77. The quantitative estimate of drug-likeness (QED) is 0.590. The number of halogens is 4. The largest absolute Gasteiger partial charge is 0.416 e. The number of carbonyl (C=O) groups is 1. The topological polar surface area (TPSA) is 17.1 Å². The minimum absolute atomic E-state index is 0.0151. The first-order chi connectivity index (χ1) is 9.38. The van der Waals surface area contributed by atoms with Crippen LogP contribution in [0.1, 0.15) is 27.2 Å². The van der Waals surface area contributed by atoms with Crippen LogP contribution in [-0.4, -0.2) is 5.78 Å². The Labute approximate surface area is 116 Å². The maximum Gasteiger partial charge on any atom is 0.416 e. The molecule has 0 N–H and O–H groups in total. The second-order valence-corrected chi connectivity index (χ2v) is 5.23. The van der Waals surface area contributed by atoms with E-state index in [0.29, 0.717) is 24.6 Å². The number of aryl methyl sites for hydroxylation is 1. The monoisotopic (exact) mass is 302 g/mol. The van der Waals surface area contributed by atoms with Crippen molar-refractivity contribution < 1.29 is 22.4 Å². The van der Waals surface area contributed by atoms with Gasteiger partial charge < -0.3 is 0 Å². The molecule has 1 aromatic carbocycles. The molecule has 1 nitrogen and oxygen atoms in total. The molecule has 0 spiro atoms. The van der Waals surface area contributed by atoms with Crippen molar-refractivity contribution in [3.8, 4) is 0 Å². The molecule has 0 saturated heterocycles. The van der Waals surface area contributed by atoms with Crippen LogP contribution in [0.15, 0.2) is 35.7 Å². The van der Waals surface area contributed by atoms with Gasteiger partial charge in [-0.25, -0.2) is 4.39 Å². The van der Waals surface area contributed by atoms with E-state index in [1.807, 2.05) is 17.5 Å². The minimum atomic E-state index is -4.59. The van der Waals surface area contributed by atoms with Gasteiger partial charge in [0.2, 0.25) is 0 Å². The maximum absolute atomic E-state index is 13.5. The molecular formula is C14H10F4OS. The smallest absolute Gasteiger partial charge is 0.294 e. The summed E-state index contributed by atoms with van der Waals surface area (Å²) >= 11 is 1.45. The van der Waals surface area contributed by atoms with E-state index in [1.54, 1.807) is 0 Å². The van der Waals surface area contributed by atoms with Gasteiger partial charge in [0, 0.05) is 11.3 Å². The number of thiophene rings is 1. The third kappa shape index (κ3) is 3.45. The van der Waals surface area contributed by atoms with Crippen LogP contribution in [0.25, 0.3) is 0 Å². The van der Waals surface area contributed by atoms with E-state index < -0.39 is 28.9 Å². The molecule has 0 aliphatic rings. The number of rotatable bonds is 4. The van der Waals surface area contributed by atoms with Crippen LogP contribution < -0.4 is 0 Å².